The lowest BCUT2D eigenvalue weighted by Gasteiger charge is -2.08. The van der Waals surface area contributed by atoms with E-state index < -0.39 is 0 Å². The Morgan fingerprint density at radius 2 is 1.84 bits per heavy atom. The van der Waals surface area contributed by atoms with Crippen LogP contribution in [0.5, 0.6) is 0 Å². The van der Waals surface area contributed by atoms with Crippen molar-refractivity contribution >= 4 is 34.8 Å². The van der Waals surface area contributed by atoms with Crippen molar-refractivity contribution in [2.24, 2.45) is 0 Å². The second-order valence-electron chi connectivity index (χ2n) is 4.28. The van der Waals surface area contributed by atoms with Crippen LogP contribution in [0.25, 0.3) is 10.8 Å². The topological polar surface area (TPSA) is 41.1 Å². The molecule has 2 N–H and O–H groups in total. The molecule has 0 saturated heterocycles. The second kappa shape index (κ2) is 7.77. The maximum Gasteiger partial charge on any atom is 0.224 e. The zero-order valence-electron chi connectivity index (χ0n) is 11.0. The van der Waals surface area contributed by atoms with Gasteiger partial charge in [0.05, 0.1) is 0 Å². The van der Waals surface area contributed by atoms with Crippen molar-refractivity contribution in [3.8, 4) is 0 Å². The molecule has 0 fully saturated rings. The van der Waals surface area contributed by atoms with E-state index in [9.17, 15) is 4.79 Å². The number of anilines is 1. The molecule has 0 heterocycles. The Kier molecular flexibility index (Phi) is 6.33. The molecule has 2 aromatic carbocycles. The minimum absolute atomic E-state index is 0. The van der Waals surface area contributed by atoms with E-state index >= 15 is 0 Å². The van der Waals surface area contributed by atoms with Crippen molar-refractivity contribution in [2.75, 3.05) is 18.9 Å². The molecule has 0 saturated carbocycles. The van der Waals surface area contributed by atoms with Gasteiger partial charge in [-0.25, -0.2) is 0 Å². The van der Waals surface area contributed by atoms with Crippen molar-refractivity contribution < 1.29 is 4.79 Å². The molecule has 0 bridgehead atoms. The van der Waals surface area contributed by atoms with Crippen molar-refractivity contribution in [3.63, 3.8) is 0 Å². The number of carbonyl (C=O) groups is 1. The highest BCUT2D eigenvalue weighted by atomic mass is 35.5. The molecule has 1 amide bonds. The van der Waals surface area contributed by atoms with Gasteiger partial charge in [-0.1, -0.05) is 36.4 Å². The van der Waals surface area contributed by atoms with Gasteiger partial charge in [0.15, 0.2) is 0 Å². The Morgan fingerprint density at radius 3 is 2.63 bits per heavy atom. The lowest BCUT2D eigenvalue weighted by Crippen LogP contribution is -2.15. The molecule has 102 valence electrons. The van der Waals surface area contributed by atoms with Crippen molar-refractivity contribution in [1.29, 1.82) is 0 Å². The third-order valence-corrected chi connectivity index (χ3v) is 2.89. The van der Waals surface area contributed by atoms with Crippen LogP contribution < -0.4 is 10.6 Å². The largest absolute Gasteiger partial charge is 0.326 e. The van der Waals surface area contributed by atoms with Crippen LogP contribution >= 0.6 is 12.4 Å². The van der Waals surface area contributed by atoms with Crippen LogP contribution in [-0.2, 0) is 4.79 Å². The van der Waals surface area contributed by atoms with Gasteiger partial charge in [0.1, 0.15) is 0 Å². The normalized spacial score (nSPS) is 9.95. The summed E-state index contributed by atoms with van der Waals surface area (Å²) in [4.78, 5) is 11.8. The fourth-order valence-electron chi connectivity index (χ4n) is 1.97. The summed E-state index contributed by atoms with van der Waals surface area (Å²) < 4.78 is 0. The highest BCUT2D eigenvalue weighted by molar-refractivity contribution is 6.02. The van der Waals surface area contributed by atoms with E-state index in [4.69, 9.17) is 0 Å². The number of amides is 1. The Labute approximate surface area is 119 Å². The van der Waals surface area contributed by atoms with Gasteiger partial charge < -0.3 is 10.6 Å². The Balaban J connectivity index is 0.00000180. The first-order valence-corrected chi connectivity index (χ1v) is 6.23. The van der Waals surface area contributed by atoms with Gasteiger partial charge in [0.25, 0.3) is 0 Å². The van der Waals surface area contributed by atoms with Crippen LogP contribution in [0, 0.1) is 0 Å². The van der Waals surface area contributed by atoms with Crippen LogP contribution in [-0.4, -0.2) is 19.5 Å². The smallest absolute Gasteiger partial charge is 0.224 e. The van der Waals surface area contributed by atoms with Crippen LogP contribution in [0.1, 0.15) is 12.8 Å². The highest BCUT2D eigenvalue weighted by Crippen LogP contribution is 2.22. The summed E-state index contributed by atoms with van der Waals surface area (Å²) >= 11 is 0. The third kappa shape index (κ3) is 4.23. The van der Waals surface area contributed by atoms with Crippen molar-refractivity contribution in [2.45, 2.75) is 12.8 Å². The maximum atomic E-state index is 11.8. The Morgan fingerprint density at radius 1 is 1.11 bits per heavy atom. The number of carbonyl (C=O) groups excluding carboxylic acids is 1. The molecular weight excluding hydrogens is 260 g/mol. The number of halogens is 1. The standard InChI is InChI=1S/C15H18N2O.ClH/c1-16-11-5-10-15(18)17-14-9-4-7-12-6-2-3-8-13(12)14;/h2-4,6-9,16H,5,10-11H2,1H3,(H,17,18);1H. The van der Waals surface area contributed by atoms with Gasteiger partial charge in [-0.05, 0) is 31.5 Å². The Hall–Kier alpha value is -1.58. The first-order chi connectivity index (χ1) is 8.81. The fourth-order valence-corrected chi connectivity index (χ4v) is 1.97. The third-order valence-electron chi connectivity index (χ3n) is 2.89. The predicted octanol–water partition coefficient (Wildman–Crippen LogP) is 3.20. The number of nitrogens with one attached hydrogen (secondary N) is 2. The molecule has 0 atom stereocenters. The van der Waals surface area contributed by atoms with E-state index in [0.29, 0.717) is 6.42 Å². The Bertz CT molecular complexity index is 537. The molecular formula is C15H19ClN2O. The summed E-state index contributed by atoms with van der Waals surface area (Å²) in [5.41, 5.74) is 0.891. The SMILES string of the molecule is CNCCCC(=O)Nc1cccc2ccccc12.Cl. The molecule has 2 rings (SSSR count). The van der Waals surface area contributed by atoms with E-state index in [1.165, 1.54) is 0 Å². The average Bonchev–Trinajstić information content (AvgIpc) is 2.39. The number of hydrogen-bond acceptors (Lipinski definition) is 2. The van der Waals surface area contributed by atoms with Gasteiger partial charge in [0.2, 0.25) is 5.91 Å². The second-order valence-corrected chi connectivity index (χ2v) is 4.28. The van der Waals surface area contributed by atoms with Crippen LogP contribution in [0.2, 0.25) is 0 Å². The highest BCUT2D eigenvalue weighted by Gasteiger charge is 2.04. The molecule has 0 spiro atoms. The summed E-state index contributed by atoms with van der Waals surface area (Å²) in [7, 11) is 1.89. The minimum atomic E-state index is 0. The molecule has 0 unspecified atom stereocenters. The predicted molar refractivity (Wildman–Crippen MR) is 83.0 cm³/mol. The van der Waals surface area contributed by atoms with Crippen molar-refractivity contribution in [3.05, 3.63) is 42.5 Å². The van der Waals surface area contributed by atoms with Gasteiger partial charge in [-0.3, -0.25) is 4.79 Å². The van der Waals surface area contributed by atoms with Crippen LogP contribution in [0.15, 0.2) is 42.5 Å². The first kappa shape index (κ1) is 15.5. The quantitative estimate of drug-likeness (QED) is 0.825. The average molecular weight is 279 g/mol. The summed E-state index contributed by atoms with van der Waals surface area (Å²) in [6.07, 6.45) is 1.40. The zero-order chi connectivity index (χ0) is 12.8. The molecule has 0 aliphatic rings. The van der Waals surface area contributed by atoms with Gasteiger partial charge in [0, 0.05) is 17.5 Å². The molecule has 2 aromatic rings. The van der Waals surface area contributed by atoms with E-state index in [-0.39, 0.29) is 18.3 Å². The summed E-state index contributed by atoms with van der Waals surface area (Å²) in [6.45, 7) is 0.864. The molecule has 3 nitrogen and oxygen atoms in total. The van der Waals surface area contributed by atoms with Gasteiger partial charge in [-0.2, -0.15) is 0 Å². The molecule has 0 aromatic heterocycles. The molecule has 0 aliphatic heterocycles. The van der Waals surface area contributed by atoms with Crippen LogP contribution in [0.4, 0.5) is 5.69 Å². The number of benzene rings is 2. The minimum Gasteiger partial charge on any atom is -0.326 e. The van der Waals surface area contributed by atoms with Crippen LogP contribution in [0.3, 0.4) is 0 Å². The number of hydrogen-bond donors (Lipinski definition) is 2. The van der Waals surface area contributed by atoms with Gasteiger partial charge in [-0.15, -0.1) is 12.4 Å². The number of fused-ring (bicyclic) bond motifs is 1. The zero-order valence-corrected chi connectivity index (χ0v) is 11.8. The molecule has 0 radical (unpaired) electrons. The maximum absolute atomic E-state index is 11.8. The lowest BCUT2D eigenvalue weighted by molar-refractivity contribution is -0.116. The lowest BCUT2D eigenvalue weighted by atomic mass is 10.1. The van der Waals surface area contributed by atoms with Crippen molar-refractivity contribution in [1.82, 2.24) is 5.32 Å². The molecule has 19 heavy (non-hydrogen) atoms. The van der Waals surface area contributed by atoms with E-state index in [1.807, 2.05) is 49.5 Å². The summed E-state index contributed by atoms with van der Waals surface area (Å²) in [5, 5.41) is 8.24. The monoisotopic (exact) mass is 278 g/mol. The fraction of sp³-hybridized carbons (Fsp3) is 0.267. The molecule has 0 aliphatic carbocycles. The van der Waals surface area contributed by atoms with Gasteiger partial charge >= 0.3 is 0 Å². The van der Waals surface area contributed by atoms with E-state index in [0.717, 1.165) is 29.4 Å². The summed E-state index contributed by atoms with van der Waals surface area (Å²) in [5.74, 6) is 0.0709. The summed E-state index contributed by atoms with van der Waals surface area (Å²) in [6, 6.07) is 14.0. The van der Waals surface area contributed by atoms with E-state index in [2.05, 4.69) is 10.6 Å². The number of rotatable bonds is 5. The van der Waals surface area contributed by atoms with E-state index in [1.54, 1.807) is 0 Å². The first-order valence-electron chi connectivity index (χ1n) is 6.23. The molecule has 4 heteroatoms.